The molecule has 0 aliphatic heterocycles. The van der Waals surface area contributed by atoms with E-state index in [1.807, 2.05) is 20.0 Å². The van der Waals surface area contributed by atoms with Gasteiger partial charge >= 0.3 is 0 Å². The van der Waals surface area contributed by atoms with Crippen molar-refractivity contribution in [3.63, 3.8) is 0 Å². The van der Waals surface area contributed by atoms with Gasteiger partial charge in [-0.2, -0.15) is 0 Å². The van der Waals surface area contributed by atoms with Gasteiger partial charge < -0.3 is 11.1 Å². The molecule has 0 fully saturated rings. The predicted molar refractivity (Wildman–Crippen MR) is 66.2 cm³/mol. The minimum atomic E-state index is -0.0918. The summed E-state index contributed by atoms with van der Waals surface area (Å²) in [7, 11) is 0. The average Bonchev–Trinajstić information content (AvgIpc) is 2.49. The molecule has 0 radical (unpaired) electrons. The van der Waals surface area contributed by atoms with E-state index in [9.17, 15) is 0 Å². The molecule has 1 aromatic heterocycles. The summed E-state index contributed by atoms with van der Waals surface area (Å²) in [4.78, 5) is 5.62. The lowest BCUT2D eigenvalue weighted by atomic mass is 10.0. The van der Waals surface area contributed by atoms with Crippen LogP contribution in [0.5, 0.6) is 0 Å². The number of nitrogens with one attached hydrogen (secondary N) is 1. The molecule has 0 aliphatic rings. The first-order valence-corrected chi connectivity index (χ1v) is 6.15. The Morgan fingerprint density at radius 2 is 2.27 bits per heavy atom. The van der Waals surface area contributed by atoms with Crippen LogP contribution in [0, 0.1) is 6.92 Å². The van der Waals surface area contributed by atoms with E-state index in [4.69, 9.17) is 5.73 Å². The van der Waals surface area contributed by atoms with Crippen molar-refractivity contribution in [2.24, 2.45) is 5.73 Å². The summed E-state index contributed by atoms with van der Waals surface area (Å²) in [5.74, 6) is 0. The number of nitrogens with zero attached hydrogens (tertiary/aromatic N) is 1. The van der Waals surface area contributed by atoms with Crippen LogP contribution in [0.1, 0.15) is 43.1 Å². The van der Waals surface area contributed by atoms with Crippen molar-refractivity contribution in [3.05, 3.63) is 16.1 Å². The van der Waals surface area contributed by atoms with Crippen LogP contribution in [0.3, 0.4) is 0 Å². The second-order valence-electron chi connectivity index (χ2n) is 4.72. The number of rotatable bonds is 5. The molecular weight excluding hydrogens is 206 g/mol. The lowest BCUT2D eigenvalue weighted by Gasteiger charge is -2.20. The van der Waals surface area contributed by atoms with Gasteiger partial charge in [0.2, 0.25) is 0 Å². The summed E-state index contributed by atoms with van der Waals surface area (Å²) in [6.45, 7) is 9.25. The summed E-state index contributed by atoms with van der Waals surface area (Å²) >= 11 is 1.75. The molecule has 15 heavy (non-hydrogen) atoms. The largest absolute Gasteiger partial charge is 0.326 e. The standard InChI is InChI=1S/C11H21N3S/c1-8-7-14-10(15-8)9(2)13-6-5-11(3,4)12/h7,9,13H,5-6,12H2,1-4H3. The van der Waals surface area contributed by atoms with Crippen molar-refractivity contribution in [1.29, 1.82) is 0 Å². The molecule has 1 rings (SSSR count). The third-order valence-electron chi connectivity index (χ3n) is 2.23. The molecule has 0 amide bonds. The van der Waals surface area contributed by atoms with Crippen molar-refractivity contribution < 1.29 is 0 Å². The topological polar surface area (TPSA) is 50.9 Å². The number of aryl methyl sites for hydroxylation is 1. The molecule has 86 valence electrons. The Bertz CT molecular complexity index is 301. The van der Waals surface area contributed by atoms with Gasteiger partial charge in [0.15, 0.2) is 0 Å². The maximum atomic E-state index is 5.91. The Morgan fingerprint density at radius 1 is 1.60 bits per heavy atom. The molecule has 0 bridgehead atoms. The van der Waals surface area contributed by atoms with Gasteiger partial charge in [-0.05, 0) is 40.7 Å². The normalized spacial score (nSPS) is 14.2. The zero-order valence-electron chi connectivity index (χ0n) is 10.0. The smallest absolute Gasteiger partial charge is 0.109 e. The van der Waals surface area contributed by atoms with Crippen molar-refractivity contribution in [3.8, 4) is 0 Å². The van der Waals surface area contributed by atoms with Crippen LogP contribution in [-0.4, -0.2) is 17.1 Å². The number of thiazole rings is 1. The van der Waals surface area contributed by atoms with Crippen molar-refractivity contribution in [1.82, 2.24) is 10.3 Å². The minimum Gasteiger partial charge on any atom is -0.326 e. The molecule has 3 nitrogen and oxygen atoms in total. The molecule has 1 heterocycles. The van der Waals surface area contributed by atoms with Crippen molar-refractivity contribution in [2.75, 3.05) is 6.54 Å². The zero-order valence-corrected chi connectivity index (χ0v) is 10.8. The summed E-state index contributed by atoms with van der Waals surface area (Å²) < 4.78 is 0. The lowest BCUT2D eigenvalue weighted by Crippen LogP contribution is -2.36. The fourth-order valence-electron chi connectivity index (χ4n) is 1.27. The van der Waals surface area contributed by atoms with Gasteiger partial charge in [0.05, 0.1) is 6.04 Å². The van der Waals surface area contributed by atoms with Crippen LogP contribution in [0.15, 0.2) is 6.20 Å². The number of aromatic nitrogens is 1. The Morgan fingerprint density at radius 3 is 2.73 bits per heavy atom. The molecule has 0 aromatic carbocycles. The van der Waals surface area contributed by atoms with Gasteiger partial charge in [-0.25, -0.2) is 4.98 Å². The van der Waals surface area contributed by atoms with E-state index in [1.165, 1.54) is 4.88 Å². The summed E-state index contributed by atoms with van der Waals surface area (Å²) in [6.07, 6.45) is 2.90. The van der Waals surface area contributed by atoms with Crippen LogP contribution in [-0.2, 0) is 0 Å². The van der Waals surface area contributed by atoms with E-state index in [0.29, 0.717) is 6.04 Å². The summed E-state index contributed by atoms with van der Waals surface area (Å²) in [5.41, 5.74) is 5.82. The van der Waals surface area contributed by atoms with E-state index in [1.54, 1.807) is 11.3 Å². The van der Waals surface area contributed by atoms with Crippen LogP contribution in [0.2, 0.25) is 0 Å². The highest BCUT2D eigenvalue weighted by Gasteiger charge is 2.12. The Kier molecular flexibility index (Phi) is 4.25. The molecule has 0 saturated carbocycles. The summed E-state index contributed by atoms with van der Waals surface area (Å²) in [5, 5.41) is 4.59. The number of hydrogen-bond acceptors (Lipinski definition) is 4. The predicted octanol–water partition coefficient (Wildman–Crippen LogP) is 2.23. The van der Waals surface area contributed by atoms with Gasteiger partial charge in [-0.3, -0.25) is 0 Å². The highest BCUT2D eigenvalue weighted by Crippen LogP contribution is 2.18. The van der Waals surface area contributed by atoms with Crippen LogP contribution >= 0.6 is 11.3 Å². The Hall–Kier alpha value is -0.450. The van der Waals surface area contributed by atoms with Gasteiger partial charge in [-0.1, -0.05) is 0 Å². The first kappa shape index (κ1) is 12.6. The van der Waals surface area contributed by atoms with E-state index in [-0.39, 0.29) is 5.54 Å². The van der Waals surface area contributed by atoms with E-state index < -0.39 is 0 Å². The fraction of sp³-hybridized carbons (Fsp3) is 0.727. The molecule has 1 atom stereocenters. The van der Waals surface area contributed by atoms with Crippen LogP contribution in [0.4, 0.5) is 0 Å². The third kappa shape index (κ3) is 4.73. The highest BCUT2D eigenvalue weighted by molar-refractivity contribution is 7.11. The fourth-order valence-corrected chi connectivity index (χ4v) is 2.07. The molecule has 4 heteroatoms. The Labute approximate surface area is 96.1 Å². The van der Waals surface area contributed by atoms with Gasteiger partial charge in [0.1, 0.15) is 5.01 Å². The molecule has 1 unspecified atom stereocenters. The monoisotopic (exact) mass is 227 g/mol. The SMILES string of the molecule is Cc1cnc(C(C)NCCC(C)(C)N)s1. The van der Waals surface area contributed by atoms with Crippen molar-refractivity contribution >= 4 is 11.3 Å². The summed E-state index contributed by atoms with van der Waals surface area (Å²) in [6, 6.07) is 0.325. The molecule has 0 saturated heterocycles. The number of nitrogens with two attached hydrogens (primary N) is 1. The lowest BCUT2D eigenvalue weighted by molar-refractivity contribution is 0.436. The number of hydrogen-bond donors (Lipinski definition) is 2. The van der Waals surface area contributed by atoms with E-state index in [0.717, 1.165) is 18.0 Å². The van der Waals surface area contributed by atoms with E-state index in [2.05, 4.69) is 24.1 Å². The highest BCUT2D eigenvalue weighted by atomic mass is 32.1. The van der Waals surface area contributed by atoms with Gasteiger partial charge in [-0.15, -0.1) is 11.3 Å². The Balaban J connectivity index is 2.34. The molecule has 1 aromatic rings. The quantitative estimate of drug-likeness (QED) is 0.811. The second-order valence-corrected chi connectivity index (χ2v) is 5.99. The minimum absolute atomic E-state index is 0.0918. The average molecular weight is 227 g/mol. The first-order valence-electron chi connectivity index (χ1n) is 5.33. The van der Waals surface area contributed by atoms with Gasteiger partial charge in [0, 0.05) is 16.6 Å². The third-order valence-corrected chi connectivity index (χ3v) is 3.32. The zero-order chi connectivity index (χ0) is 11.5. The maximum absolute atomic E-state index is 5.91. The van der Waals surface area contributed by atoms with Crippen LogP contribution in [0.25, 0.3) is 0 Å². The molecule has 0 aliphatic carbocycles. The molecule has 0 spiro atoms. The van der Waals surface area contributed by atoms with Crippen molar-refractivity contribution in [2.45, 2.75) is 45.7 Å². The van der Waals surface area contributed by atoms with Crippen LogP contribution < -0.4 is 11.1 Å². The van der Waals surface area contributed by atoms with Gasteiger partial charge in [0.25, 0.3) is 0 Å². The molecule has 3 N–H and O–H groups in total. The first-order chi connectivity index (χ1) is 6.88. The second kappa shape index (κ2) is 5.05. The van der Waals surface area contributed by atoms with E-state index >= 15 is 0 Å². The molecular formula is C11H21N3S. The maximum Gasteiger partial charge on any atom is 0.109 e.